The Morgan fingerprint density at radius 3 is 2.70 bits per heavy atom. The minimum Gasteiger partial charge on any atom is -0.325 e. The summed E-state index contributed by atoms with van der Waals surface area (Å²) in [5.41, 5.74) is 2.00. The fraction of sp³-hybridized carbons (Fsp3) is 0.235. The van der Waals surface area contributed by atoms with Gasteiger partial charge >= 0.3 is 0 Å². The van der Waals surface area contributed by atoms with Gasteiger partial charge in [0.25, 0.3) is 0 Å². The smallest absolute Gasteiger partial charge is 0.237 e. The Morgan fingerprint density at radius 2 is 1.96 bits per heavy atom. The highest BCUT2D eigenvalue weighted by Gasteiger charge is 2.19. The fourth-order valence-corrected chi connectivity index (χ4v) is 4.26. The highest BCUT2D eigenvalue weighted by atomic mass is 32.2. The van der Waals surface area contributed by atoms with Gasteiger partial charge in [-0.1, -0.05) is 30.0 Å². The fourth-order valence-electron chi connectivity index (χ4n) is 2.23. The van der Waals surface area contributed by atoms with Crippen LogP contribution in [-0.2, 0) is 4.79 Å². The molecule has 3 aromatic rings. The SMILES string of the molecule is Cc1sc2ncnc(S[C@H](C)C(=O)Nc3ccccc3)c2c1C. The van der Waals surface area contributed by atoms with Crippen molar-refractivity contribution in [3.63, 3.8) is 0 Å². The lowest BCUT2D eigenvalue weighted by Crippen LogP contribution is -2.22. The van der Waals surface area contributed by atoms with Gasteiger partial charge in [-0.3, -0.25) is 4.79 Å². The average molecular weight is 343 g/mol. The van der Waals surface area contributed by atoms with E-state index in [9.17, 15) is 4.79 Å². The first kappa shape index (κ1) is 16.0. The second kappa shape index (κ2) is 6.68. The first-order chi connectivity index (χ1) is 11.1. The number of hydrogen-bond donors (Lipinski definition) is 1. The quantitative estimate of drug-likeness (QED) is 0.562. The predicted octanol–water partition coefficient (Wildman–Crippen LogP) is 4.43. The van der Waals surface area contributed by atoms with Gasteiger partial charge < -0.3 is 5.32 Å². The first-order valence-electron chi connectivity index (χ1n) is 7.29. The molecule has 1 amide bonds. The van der Waals surface area contributed by atoms with E-state index in [4.69, 9.17) is 0 Å². The Hall–Kier alpha value is -1.92. The Balaban J connectivity index is 1.80. The zero-order valence-corrected chi connectivity index (χ0v) is 14.8. The third-order valence-electron chi connectivity index (χ3n) is 3.63. The van der Waals surface area contributed by atoms with Crippen molar-refractivity contribution in [2.45, 2.75) is 31.0 Å². The maximum absolute atomic E-state index is 12.4. The zero-order chi connectivity index (χ0) is 16.4. The summed E-state index contributed by atoms with van der Waals surface area (Å²) in [5, 5.41) is 4.62. The van der Waals surface area contributed by atoms with E-state index in [2.05, 4.69) is 29.1 Å². The van der Waals surface area contributed by atoms with E-state index in [1.807, 2.05) is 37.3 Å². The van der Waals surface area contributed by atoms with Gasteiger partial charge in [-0.2, -0.15) is 0 Å². The number of thiophene rings is 1. The summed E-state index contributed by atoms with van der Waals surface area (Å²) in [6.45, 7) is 6.06. The van der Waals surface area contributed by atoms with Gasteiger partial charge in [-0.15, -0.1) is 11.3 Å². The molecule has 1 N–H and O–H groups in total. The Labute approximate surface area is 143 Å². The number of carbonyl (C=O) groups is 1. The van der Waals surface area contributed by atoms with Crippen LogP contribution < -0.4 is 5.32 Å². The Morgan fingerprint density at radius 1 is 1.22 bits per heavy atom. The van der Waals surface area contributed by atoms with Crippen molar-refractivity contribution >= 4 is 44.9 Å². The van der Waals surface area contributed by atoms with Crippen molar-refractivity contribution in [2.75, 3.05) is 5.32 Å². The molecule has 0 unspecified atom stereocenters. The van der Waals surface area contributed by atoms with Crippen LogP contribution in [0.2, 0.25) is 0 Å². The van der Waals surface area contributed by atoms with Crippen molar-refractivity contribution in [1.82, 2.24) is 9.97 Å². The normalized spacial score (nSPS) is 12.3. The van der Waals surface area contributed by atoms with Crippen LogP contribution in [0.3, 0.4) is 0 Å². The predicted molar refractivity (Wildman–Crippen MR) is 97.3 cm³/mol. The second-order valence-corrected chi connectivity index (χ2v) is 7.79. The molecule has 0 saturated heterocycles. The number of aromatic nitrogens is 2. The molecule has 23 heavy (non-hydrogen) atoms. The van der Waals surface area contributed by atoms with Crippen LogP contribution in [0, 0.1) is 13.8 Å². The summed E-state index contributed by atoms with van der Waals surface area (Å²) in [7, 11) is 0. The van der Waals surface area contributed by atoms with Gasteiger partial charge in [0, 0.05) is 16.0 Å². The van der Waals surface area contributed by atoms with Gasteiger partial charge in [0.15, 0.2) is 0 Å². The number of anilines is 1. The number of rotatable bonds is 4. The molecule has 2 aromatic heterocycles. The molecule has 1 atom stereocenters. The molecule has 0 aliphatic carbocycles. The summed E-state index contributed by atoms with van der Waals surface area (Å²) >= 11 is 3.14. The molecular weight excluding hydrogens is 326 g/mol. The molecule has 3 rings (SSSR count). The van der Waals surface area contributed by atoms with Crippen LogP contribution in [0.15, 0.2) is 41.7 Å². The highest BCUT2D eigenvalue weighted by Crippen LogP contribution is 2.36. The van der Waals surface area contributed by atoms with E-state index in [0.717, 1.165) is 20.9 Å². The van der Waals surface area contributed by atoms with E-state index >= 15 is 0 Å². The number of aryl methyl sites for hydroxylation is 2. The van der Waals surface area contributed by atoms with Crippen molar-refractivity contribution in [3.05, 3.63) is 47.1 Å². The number of nitrogens with one attached hydrogen (secondary N) is 1. The first-order valence-corrected chi connectivity index (χ1v) is 8.99. The average Bonchev–Trinajstić information content (AvgIpc) is 2.84. The van der Waals surface area contributed by atoms with E-state index in [0.29, 0.717) is 0 Å². The van der Waals surface area contributed by atoms with E-state index in [1.165, 1.54) is 22.2 Å². The lowest BCUT2D eigenvalue weighted by molar-refractivity contribution is -0.115. The summed E-state index contributed by atoms with van der Waals surface area (Å²) in [5.74, 6) is -0.0300. The number of thioether (sulfide) groups is 1. The number of para-hydroxylation sites is 1. The number of carbonyl (C=O) groups excluding carboxylic acids is 1. The van der Waals surface area contributed by atoms with Crippen molar-refractivity contribution < 1.29 is 4.79 Å². The van der Waals surface area contributed by atoms with Crippen LogP contribution in [0.1, 0.15) is 17.4 Å². The Kier molecular flexibility index (Phi) is 4.63. The molecule has 4 nitrogen and oxygen atoms in total. The highest BCUT2D eigenvalue weighted by molar-refractivity contribution is 8.00. The minimum atomic E-state index is -0.243. The monoisotopic (exact) mass is 343 g/mol. The molecule has 2 heterocycles. The van der Waals surface area contributed by atoms with Crippen LogP contribution in [0.4, 0.5) is 5.69 Å². The van der Waals surface area contributed by atoms with E-state index in [1.54, 1.807) is 17.7 Å². The lowest BCUT2D eigenvalue weighted by Gasteiger charge is -2.12. The maximum atomic E-state index is 12.4. The molecule has 118 valence electrons. The third-order valence-corrected chi connectivity index (χ3v) is 5.85. The second-order valence-electron chi connectivity index (χ2n) is 5.26. The number of amides is 1. The molecule has 0 fully saturated rings. The topological polar surface area (TPSA) is 54.9 Å². The molecule has 0 saturated carbocycles. The lowest BCUT2D eigenvalue weighted by atomic mass is 10.2. The summed E-state index contributed by atoms with van der Waals surface area (Å²) in [6.07, 6.45) is 1.57. The van der Waals surface area contributed by atoms with Crippen LogP contribution in [0.25, 0.3) is 10.2 Å². The zero-order valence-electron chi connectivity index (χ0n) is 13.2. The van der Waals surface area contributed by atoms with Crippen molar-refractivity contribution in [2.24, 2.45) is 0 Å². The molecule has 0 aliphatic heterocycles. The van der Waals surface area contributed by atoms with Crippen LogP contribution >= 0.6 is 23.1 Å². The summed E-state index contributed by atoms with van der Waals surface area (Å²) in [4.78, 5) is 23.3. The largest absolute Gasteiger partial charge is 0.325 e. The van der Waals surface area contributed by atoms with Gasteiger partial charge in [-0.05, 0) is 38.5 Å². The number of hydrogen-bond acceptors (Lipinski definition) is 5. The molecule has 0 spiro atoms. The Bertz CT molecular complexity index is 846. The van der Waals surface area contributed by atoms with Crippen LogP contribution in [-0.4, -0.2) is 21.1 Å². The van der Waals surface area contributed by atoms with Gasteiger partial charge in [0.05, 0.1) is 5.25 Å². The number of benzene rings is 1. The summed E-state index contributed by atoms with van der Waals surface area (Å²) in [6, 6.07) is 9.49. The van der Waals surface area contributed by atoms with Crippen molar-refractivity contribution in [3.8, 4) is 0 Å². The molecule has 0 radical (unpaired) electrons. The van der Waals surface area contributed by atoms with Gasteiger partial charge in [0.1, 0.15) is 16.2 Å². The minimum absolute atomic E-state index is 0.0300. The third kappa shape index (κ3) is 3.38. The summed E-state index contributed by atoms with van der Waals surface area (Å²) < 4.78 is 0. The van der Waals surface area contributed by atoms with Crippen molar-refractivity contribution in [1.29, 1.82) is 0 Å². The molecule has 0 bridgehead atoms. The van der Waals surface area contributed by atoms with E-state index in [-0.39, 0.29) is 11.2 Å². The number of nitrogens with zero attached hydrogens (tertiary/aromatic N) is 2. The molecular formula is C17H17N3OS2. The molecule has 1 aromatic carbocycles. The number of fused-ring (bicyclic) bond motifs is 1. The van der Waals surface area contributed by atoms with E-state index < -0.39 is 0 Å². The van der Waals surface area contributed by atoms with Gasteiger partial charge in [-0.25, -0.2) is 9.97 Å². The molecule has 0 aliphatic rings. The van der Waals surface area contributed by atoms with Gasteiger partial charge in [0.2, 0.25) is 5.91 Å². The molecule has 6 heteroatoms. The standard InChI is InChI=1S/C17H17N3OS2/c1-10-11(2)22-16-14(10)17(19-9-18-16)23-12(3)15(21)20-13-7-5-4-6-8-13/h4-9,12H,1-3H3,(H,20,21)/t12-/m1/s1. The van der Waals surface area contributed by atoms with Crippen LogP contribution in [0.5, 0.6) is 0 Å². The maximum Gasteiger partial charge on any atom is 0.237 e.